The van der Waals surface area contributed by atoms with Crippen molar-refractivity contribution in [2.24, 2.45) is 0 Å². The topological polar surface area (TPSA) is 98.8 Å². The predicted octanol–water partition coefficient (Wildman–Crippen LogP) is 0.276. The molecule has 3 heterocycles. The molecule has 27 heavy (non-hydrogen) atoms. The highest BCUT2D eigenvalue weighted by Crippen LogP contribution is 2.35. The minimum atomic E-state index is -0.938. The lowest BCUT2D eigenvalue weighted by Crippen LogP contribution is -2.54. The molecule has 4 amide bonds. The molecule has 1 aromatic carbocycles. The quantitative estimate of drug-likeness (QED) is 0.742. The summed E-state index contributed by atoms with van der Waals surface area (Å²) >= 11 is 0. The van der Waals surface area contributed by atoms with Gasteiger partial charge >= 0.3 is 0 Å². The number of nitrogens with zero attached hydrogens (tertiary/aromatic N) is 2. The van der Waals surface area contributed by atoms with E-state index in [2.05, 4.69) is 15.5 Å². The Kier molecular flexibility index (Phi) is 4.43. The molecule has 0 aliphatic carbocycles. The number of anilines is 1. The Morgan fingerprint density at radius 2 is 1.78 bits per heavy atom. The largest absolute Gasteiger partial charge is 0.371 e. The highest BCUT2D eigenvalue weighted by molar-refractivity contribution is 6.25. The van der Waals surface area contributed by atoms with Crippen LogP contribution < -0.4 is 15.5 Å². The van der Waals surface area contributed by atoms with E-state index in [0.29, 0.717) is 16.8 Å². The van der Waals surface area contributed by atoms with E-state index in [9.17, 15) is 19.2 Å². The van der Waals surface area contributed by atoms with Crippen LogP contribution >= 0.6 is 0 Å². The van der Waals surface area contributed by atoms with Crippen molar-refractivity contribution in [3.63, 3.8) is 0 Å². The van der Waals surface area contributed by atoms with Crippen LogP contribution in [0.15, 0.2) is 18.2 Å². The summed E-state index contributed by atoms with van der Waals surface area (Å²) in [6.07, 6.45) is 2.19. The highest BCUT2D eigenvalue weighted by atomic mass is 16.2. The van der Waals surface area contributed by atoms with Gasteiger partial charge in [-0.05, 0) is 44.5 Å². The summed E-state index contributed by atoms with van der Waals surface area (Å²) in [7, 11) is 1.94. The fourth-order valence-corrected chi connectivity index (χ4v) is 4.18. The van der Waals surface area contributed by atoms with Gasteiger partial charge in [-0.3, -0.25) is 29.4 Å². The molecule has 2 saturated heterocycles. The third-order valence-corrected chi connectivity index (χ3v) is 5.68. The first-order valence-electron chi connectivity index (χ1n) is 9.27. The maximum atomic E-state index is 13.1. The molecule has 0 aromatic heterocycles. The summed E-state index contributed by atoms with van der Waals surface area (Å²) in [5.74, 6) is -1.89. The maximum Gasteiger partial charge on any atom is 0.264 e. The van der Waals surface area contributed by atoms with Crippen molar-refractivity contribution in [3.8, 4) is 0 Å². The standard InChI is InChI=1S/C19H22N4O4/c1-22(11-7-9-20-10-8-11)13-4-2-3-12-16(13)19(27)23(18(12)26)14-5-6-15(24)21-17(14)25/h2-4,11,14,20H,5-10H2,1H3,(H,21,24,25). The lowest BCUT2D eigenvalue weighted by molar-refractivity contribution is -0.136. The number of rotatable bonds is 3. The molecule has 3 aliphatic heterocycles. The first-order valence-corrected chi connectivity index (χ1v) is 9.27. The minimum absolute atomic E-state index is 0.117. The molecule has 0 radical (unpaired) electrons. The zero-order valence-electron chi connectivity index (χ0n) is 15.2. The maximum absolute atomic E-state index is 13.1. The average Bonchev–Trinajstić information content (AvgIpc) is 2.93. The molecule has 4 rings (SSSR count). The number of amides is 4. The van der Waals surface area contributed by atoms with Gasteiger partial charge in [0.15, 0.2) is 0 Å². The molecule has 3 aliphatic rings. The predicted molar refractivity (Wildman–Crippen MR) is 97.4 cm³/mol. The Morgan fingerprint density at radius 3 is 2.48 bits per heavy atom. The molecule has 2 fully saturated rings. The van der Waals surface area contributed by atoms with Crippen molar-refractivity contribution in [1.29, 1.82) is 0 Å². The van der Waals surface area contributed by atoms with Crippen LogP contribution in [0.2, 0.25) is 0 Å². The summed E-state index contributed by atoms with van der Waals surface area (Å²) in [6, 6.07) is 4.59. The molecule has 1 aromatic rings. The first kappa shape index (κ1) is 17.7. The number of fused-ring (bicyclic) bond motifs is 1. The van der Waals surface area contributed by atoms with E-state index in [1.54, 1.807) is 12.1 Å². The number of hydrogen-bond donors (Lipinski definition) is 2. The van der Waals surface area contributed by atoms with E-state index in [-0.39, 0.29) is 24.8 Å². The van der Waals surface area contributed by atoms with Crippen LogP contribution in [-0.2, 0) is 9.59 Å². The second-order valence-electron chi connectivity index (χ2n) is 7.24. The number of nitrogens with one attached hydrogen (secondary N) is 2. The average molecular weight is 370 g/mol. The van der Waals surface area contributed by atoms with Gasteiger partial charge in [0.25, 0.3) is 11.8 Å². The van der Waals surface area contributed by atoms with Gasteiger partial charge in [0.05, 0.1) is 16.8 Å². The number of carbonyl (C=O) groups excluding carboxylic acids is 4. The zero-order valence-corrected chi connectivity index (χ0v) is 15.2. The van der Waals surface area contributed by atoms with Gasteiger partial charge in [-0.25, -0.2) is 0 Å². The number of piperidine rings is 2. The summed E-state index contributed by atoms with van der Waals surface area (Å²) in [6.45, 7) is 1.83. The molecular weight excluding hydrogens is 348 g/mol. The third-order valence-electron chi connectivity index (χ3n) is 5.68. The normalized spacial score (nSPS) is 23.4. The SMILES string of the molecule is CN(c1cccc2c1C(=O)N(C1CCC(=O)NC1=O)C2=O)C1CCNCC1. The molecule has 0 bridgehead atoms. The van der Waals surface area contributed by atoms with E-state index >= 15 is 0 Å². The minimum Gasteiger partial charge on any atom is -0.371 e. The van der Waals surface area contributed by atoms with Crippen LogP contribution in [-0.4, -0.2) is 60.7 Å². The molecule has 1 atom stereocenters. The molecule has 8 heteroatoms. The smallest absolute Gasteiger partial charge is 0.264 e. The Hall–Kier alpha value is -2.74. The molecule has 142 valence electrons. The van der Waals surface area contributed by atoms with Crippen molar-refractivity contribution in [3.05, 3.63) is 29.3 Å². The number of benzene rings is 1. The third kappa shape index (κ3) is 2.90. The van der Waals surface area contributed by atoms with E-state index < -0.39 is 23.8 Å². The van der Waals surface area contributed by atoms with Crippen LogP contribution in [0.25, 0.3) is 0 Å². The van der Waals surface area contributed by atoms with E-state index in [1.807, 2.05) is 13.1 Å². The number of imide groups is 2. The highest BCUT2D eigenvalue weighted by Gasteiger charge is 2.46. The van der Waals surface area contributed by atoms with Crippen molar-refractivity contribution >= 4 is 29.3 Å². The van der Waals surface area contributed by atoms with Gasteiger partial charge < -0.3 is 10.2 Å². The lowest BCUT2D eigenvalue weighted by Gasteiger charge is -2.34. The molecule has 0 spiro atoms. The van der Waals surface area contributed by atoms with E-state index in [0.717, 1.165) is 30.8 Å². The molecule has 2 N–H and O–H groups in total. The molecule has 0 saturated carbocycles. The monoisotopic (exact) mass is 370 g/mol. The second-order valence-corrected chi connectivity index (χ2v) is 7.24. The molecule has 1 unspecified atom stereocenters. The van der Waals surface area contributed by atoms with Crippen LogP contribution in [0.4, 0.5) is 5.69 Å². The summed E-state index contributed by atoms with van der Waals surface area (Å²) in [4.78, 5) is 52.7. The van der Waals surface area contributed by atoms with Crippen LogP contribution in [0.1, 0.15) is 46.4 Å². The van der Waals surface area contributed by atoms with Gasteiger partial charge in [-0.15, -0.1) is 0 Å². The molecular formula is C19H22N4O4. The second kappa shape index (κ2) is 6.77. The van der Waals surface area contributed by atoms with Crippen LogP contribution in [0, 0.1) is 0 Å². The Balaban J connectivity index is 1.67. The Bertz CT molecular complexity index is 831. The number of carbonyl (C=O) groups is 4. The van der Waals surface area contributed by atoms with Gasteiger partial charge in [0.1, 0.15) is 6.04 Å². The van der Waals surface area contributed by atoms with E-state index in [4.69, 9.17) is 0 Å². The molecule has 8 nitrogen and oxygen atoms in total. The van der Waals surface area contributed by atoms with Crippen molar-refractivity contribution in [2.45, 2.75) is 37.8 Å². The van der Waals surface area contributed by atoms with Gasteiger partial charge in [-0.1, -0.05) is 6.07 Å². The van der Waals surface area contributed by atoms with Gasteiger partial charge in [-0.2, -0.15) is 0 Å². The first-order chi connectivity index (χ1) is 13.0. The van der Waals surface area contributed by atoms with Crippen molar-refractivity contribution < 1.29 is 19.2 Å². The summed E-state index contributed by atoms with van der Waals surface area (Å²) in [5, 5.41) is 5.54. The fraction of sp³-hybridized carbons (Fsp3) is 0.474. The van der Waals surface area contributed by atoms with Crippen molar-refractivity contribution in [1.82, 2.24) is 15.5 Å². The van der Waals surface area contributed by atoms with Crippen LogP contribution in [0.3, 0.4) is 0 Å². The fourth-order valence-electron chi connectivity index (χ4n) is 4.18. The van der Waals surface area contributed by atoms with Crippen molar-refractivity contribution in [2.75, 3.05) is 25.0 Å². The van der Waals surface area contributed by atoms with E-state index in [1.165, 1.54) is 0 Å². The Morgan fingerprint density at radius 1 is 1.04 bits per heavy atom. The Labute approximate surface area is 156 Å². The summed E-state index contributed by atoms with van der Waals surface area (Å²) < 4.78 is 0. The zero-order chi connectivity index (χ0) is 19.1. The number of hydrogen-bond acceptors (Lipinski definition) is 6. The summed E-state index contributed by atoms with van der Waals surface area (Å²) in [5.41, 5.74) is 1.39. The van der Waals surface area contributed by atoms with Crippen LogP contribution in [0.5, 0.6) is 0 Å². The van der Waals surface area contributed by atoms with Gasteiger partial charge in [0, 0.05) is 19.5 Å². The lowest BCUT2D eigenvalue weighted by atomic mass is 10.0. The van der Waals surface area contributed by atoms with Gasteiger partial charge in [0.2, 0.25) is 11.8 Å².